The van der Waals surface area contributed by atoms with Gasteiger partial charge in [-0.2, -0.15) is 13.2 Å². The van der Waals surface area contributed by atoms with Gasteiger partial charge in [0.15, 0.2) is 0 Å². The molecule has 0 saturated carbocycles. The topological polar surface area (TPSA) is 9.23 Å². The Bertz CT molecular complexity index is 658. The Kier molecular flexibility index (Phi) is 4.78. The summed E-state index contributed by atoms with van der Waals surface area (Å²) in [7, 11) is 0. The van der Waals surface area contributed by atoms with Crippen molar-refractivity contribution >= 4 is 27.5 Å². The van der Waals surface area contributed by atoms with Crippen LogP contribution in [-0.4, -0.2) is 0 Å². The SMILES string of the molecule is Fc1ccc(Br)c(Oc2ccc(CCl)c(C(F)(F)F)c2)c1. The highest BCUT2D eigenvalue weighted by Gasteiger charge is 2.33. The lowest BCUT2D eigenvalue weighted by atomic mass is 10.1. The fraction of sp³-hybridized carbons (Fsp3) is 0.143. The van der Waals surface area contributed by atoms with Crippen LogP contribution in [0, 0.1) is 5.82 Å². The lowest BCUT2D eigenvalue weighted by molar-refractivity contribution is -0.138. The van der Waals surface area contributed by atoms with Crippen molar-refractivity contribution in [1.82, 2.24) is 0 Å². The summed E-state index contributed by atoms with van der Waals surface area (Å²) in [6, 6.07) is 7.11. The van der Waals surface area contributed by atoms with E-state index in [4.69, 9.17) is 16.3 Å². The number of hydrogen-bond donors (Lipinski definition) is 0. The number of benzene rings is 2. The van der Waals surface area contributed by atoms with E-state index in [2.05, 4.69) is 15.9 Å². The molecule has 0 atom stereocenters. The van der Waals surface area contributed by atoms with Gasteiger partial charge in [0.1, 0.15) is 17.3 Å². The van der Waals surface area contributed by atoms with E-state index in [9.17, 15) is 17.6 Å². The normalized spacial score (nSPS) is 11.5. The molecule has 0 radical (unpaired) electrons. The Hall–Kier alpha value is -1.27. The van der Waals surface area contributed by atoms with Gasteiger partial charge in [0.25, 0.3) is 0 Å². The van der Waals surface area contributed by atoms with Crippen molar-refractivity contribution in [2.45, 2.75) is 12.1 Å². The second kappa shape index (κ2) is 6.23. The molecule has 21 heavy (non-hydrogen) atoms. The second-order valence-electron chi connectivity index (χ2n) is 4.13. The number of rotatable bonds is 3. The highest BCUT2D eigenvalue weighted by molar-refractivity contribution is 9.10. The molecule has 0 bridgehead atoms. The fourth-order valence-electron chi connectivity index (χ4n) is 1.68. The molecule has 0 aromatic heterocycles. The molecule has 0 unspecified atom stereocenters. The minimum Gasteiger partial charge on any atom is -0.456 e. The third-order valence-corrected chi connectivity index (χ3v) is 3.59. The molecule has 0 aliphatic carbocycles. The Balaban J connectivity index is 2.39. The van der Waals surface area contributed by atoms with E-state index in [0.717, 1.165) is 12.1 Å². The molecule has 0 aliphatic rings. The van der Waals surface area contributed by atoms with Gasteiger partial charge in [-0.1, -0.05) is 6.07 Å². The van der Waals surface area contributed by atoms with E-state index < -0.39 is 17.6 Å². The Morgan fingerprint density at radius 1 is 1.10 bits per heavy atom. The van der Waals surface area contributed by atoms with Crippen molar-refractivity contribution in [2.75, 3.05) is 0 Å². The zero-order valence-electron chi connectivity index (χ0n) is 10.3. The molecule has 0 N–H and O–H groups in total. The van der Waals surface area contributed by atoms with Gasteiger partial charge in [0.2, 0.25) is 0 Å². The maximum atomic E-state index is 13.1. The number of alkyl halides is 4. The average molecular weight is 384 g/mol. The van der Waals surface area contributed by atoms with Crippen LogP contribution >= 0.6 is 27.5 Å². The lowest BCUT2D eigenvalue weighted by Crippen LogP contribution is -2.08. The quantitative estimate of drug-likeness (QED) is 0.457. The Morgan fingerprint density at radius 2 is 1.81 bits per heavy atom. The molecule has 2 rings (SSSR count). The van der Waals surface area contributed by atoms with Gasteiger partial charge in [0, 0.05) is 11.9 Å². The van der Waals surface area contributed by atoms with Gasteiger partial charge in [-0.3, -0.25) is 0 Å². The second-order valence-corrected chi connectivity index (χ2v) is 5.25. The first kappa shape index (κ1) is 16.1. The van der Waals surface area contributed by atoms with E-state index >= 15 is 0 Å². The minimum atomic E-state index is -4.54. The largest absolute Gasteiger partial charge is 0.456 e. The van der Waals surface area contributed by atoms with Crippen LogP contribution in [0.1, 0.15) is 11.1 Å². The molecule has 0 aliphatic heterocycles. The van der Waals surface area contributed by atoms with Gasteiger partial charge in [-0.25, -0.2) is 4.39 Å². The molecule has 0 spiro atoms. The summed E-state index contributed by atoms with van der Waals surface area (Å²) in [4.78, 5) is 0. The summed E-state index contributed by atoms with van der Waals surface area (Å²) in [5, 5.41) is 0. The molecule has 0 saturated heterocycles. The molecule has 0 fully saturated rings. The van der Waals surface area contributed by atoms with Crippen molar-refractivity contribution < 1.29 is 22.3 Å². The molecular weight excluding hydrogens is 376 g/mol. The highest BCUT2D eigenvalue weighted by Crippen LogP contribution is 2.37. The van der Waals surface area contributed by atoms with Crippen LogP contribution in [0.15, 0.2) is 40.9 Å². The van der Waals surface area contributed by atoms with Crippen molar-refractivity contribution in [3.05, 3.63) is 57.8 Å². The first-order valence-electron chi connectivity index (χ1n) is 5.70. The van der Waals surface area contributed by atoms with Gasteiger partial charge < -0.3 is 4.74 Å². The van der Waals surface area contributed by atoms with Crippen LogP contribution in [-0.2, 0) is 12.1 Å². The van der Waals surface area contributed by atoms with Crippen LogP contribution in [0.3, 0.4) is 0 Å². The maximum Gasteiger partial charge on any atom is 0.416 e. The maximum absolute atomic E-state index is 13.1. The van der Waals surface area contributed by atoms with E-state index in [0.29, 0.717) is 4.47 Å². The zero-order valence-corrected chi connectivity index (χ0v) is 12.7. The van der Waals surface area contributed by atoms with Gasteiger partial charge in [-0.15, -0.1) is 11.6 Å². The standard InChI is InChI=1S/C14H8BrClF4O/c15-12-4-2-9(17)5-13(12)21-10-3-1-8(7-16)11(6-10)14(18,19)20/h1-6H,7H2. The summed E-state index contributed by atoms with van der Waals surface area (Å²) in [6.07, 6.45) is -4.54. The van der Waals surface area contributed by atoms with Crippen LogP contribution in [0.4, 0.5) is 17.6 Å². The van der Waals surface area contributed by atoms with E-state index in [1.165, 1.54) is 24.3 Å². The monoisotopic (exact) mass is 382 g/mol. The Morgan fingerprint density at radius 3 is 2.43 bits per heavy atom. The molecule has 2 aromatic rings. The minimum absolute atomic E-state index is 0.0465. The first-order valence-corrected chi connectivity index (χ1v) is 7.03. The number of hydrogen-bond acceptors (Lipinski definition) is 1. The summed E-state index contributed by atoms with van der Waals surface area (Å²) in [6.45, 7) is 0. The molecule has 0 heterocycles. The lowest BCUT2D eigenvalue weighted by Gasteiger charge is -2.14. The van der Waals surface area contributed by atoms with Crippen LogP contribution < -0.4 is 4.74 Å². The van der Waals surface area contributed by atoms with Crippen LogP contribution in [0.5, 0.6) is 11.5 Å². The summed E-state index contributed by atoms with van der Waals surface area (Å²) in [5.41, 5.74) is -0.919. The highest BCUT2D eigenvalue weighted by atomic mass is 79.9. The molecule has 0 amide bonds. The molecule has 7 heteroatoms. The predicted octanol–water partition coefficient (Wildman–Crippen LogP) is 6.14. The number of ether oxygens (including phenoxy) is 1. The van der Waals surface area contributed by atoms with Crippen LogP contribution in [0.2, 0.25) is 0 Å². The number of halogens is 6. The van der Waals surface area contributed by atoms with E-state index in [-0.39, 0.29) is 22.9 Å². The fourth-order valence-corrected chi connectivity index (χ4v) is 2.24. The van der Waals surface area contributed by atoms with Crippen molar-refractivity contribution in [1.29, 1.82) is 0 Å². The molecule has 1 nitrogen and oxygen atoms in total. The zero-order chi connectivity index (χ0) is 15.6. The van der Waals surface area contributed by atoms with Gasteiger partial charge in [-0.05, 0) is 45.8 Å². The van der Waals surface area contributed by atoms with Gasteiger partial charge in [0.05, 0.1) is 10.0 Å². The predicted molar refractivity (Wildman–Crippen MR) is 75.2 cm³/mol. The summed E-state index contributed by atoms with van der Waals surface area (Å²) >= 11 is 8.64. The van der Waals surface area contributed by atoms with Crippen molar-refractivity contribution in [3.63, 3.8) is 0 Å². The first-order chi connectivity index (χ1) is 9.81. The third-order valence-electron chi connectivity index (χ3n) is 2.65. The Labute approximate surface area is 131 Å². The summed E-state index contributed by atoms with van der Waals surface area (Å²) < 4.78 is 57.6. The van der Waals surface area contributed by atoms with Crippen molar-refractivity contribution in [2.24, 2.45) is 0 Å². The third kappa shape index (κ3) is 3.89. The summed E-state index contributed by atoms with van der Waals surface area (Å²) in [5.74, 6) is -0.787. The van der Waals surface area contributed by atoms with Crippen molar-refractivity contribution in [3.8, 4) is 11.5 Å². The smallest absolute Gasteiger partial charge is 0.416 e. The van der Waals surface area contributed by atoms with E-state index in [1.807, 2.05) is 0 Å². The molecular formula is C14H8BrClF4O. The molecule has 2 aromatic carbocycles. The average Bonchev–Trinajstić information content (AvgIpc) is 2.42. The van der Waals surface area contributed by atoms with E-state index in [1.54, 1.807) is 0 Å². The van der Waals surface area contributed by atoms with Gasteiger partial charge >= 0.3 is 6.18 Å². The van der Waals surface area contributed by atoms with Crippen LogP contribution in [0.25, 0.3) is 0 Å². The molecule has 112 valence electrons.